The quantitative estimate of drug-likeness (QED) is 0.834. The normalized spacial score (nSPS) is 17.1. The maximum absolute atomic E-state index is 12.5. The Morgan fingerprint density at radius 2 is 1.88 bits per heavy atom. The van der Waals surface area contributed by atoms with E-state index in [1.165, 1.54) is 0 Å². The monoisotopic (exact) mass is 361 g/mol. The lowest BCUT2D eigenvalue weighted by atomic mass is 9.92. The highest BCUT2D eigenvalue weighted by Gasteiger charge is 2.35. The number of carbonyl (C=O) groups is 2. The van der Waals surface area contributed by atoms with Crippen molar-refractivity contribution in [2.24, 2.45) is 5.41 Å². The minimum absolute atomic E-state index is 0.0531. The fourth-order valence-electron chi connectivity index (χ4n) is 2.93. The van der Waals surface area contributed by atoms with Gasteiger partial charge in [-0.05, 0) is 44.7 Å². The van der Waals surface area contributed by atoms with Crippen LogP contribution in [-0.2, 0) is 9.53 Å². The number of amides is 2. The highest BCUT2D eigenvalue weighted by Crippen LogP contribution is 2.38. The number of hydrogen-bond acceptors (Lipinski definition) is 4. The molecular formula is C20H31N3O3. The number of anilines is 2. The van der Waals surface area contributed by atoms with Gasteiger partial charge in [-0.25, -0.2) is 9.78 Å². The van der Waals surface area contributed by atoms with Crippen molar-refractivity contribution >= 4 is 23.5 Å². The Morgan fingerprint density at radius 3 is 2.42 bits per heavy atom. The van der Waals surface area contributed by atoms with Crippen LogP contribution in [0.3, 0.4) is 0 Å². The van der Waals surface area contributed by atoms with E-state index in [1.807, 2.05) is 61.5 Å². The SMILES string of the molecule is Cc1cc2c(nc1NC(=O)CC(C)(C)C)C(C)CN2C(=O)OC(C)(C)C. The van der Waals surface area contributed by atoms with Crippen LogP contribution >= 0.6 is 0 Å². The Kier molecular flexibility index (Phi) is 5.36. The molecule has 0 radical (unpaired) electrons. The molecule has 6 heteroatoms. The van der Waals surface area contributed by atoms with Gasteiger partial charge in [0, 0.05) is 18.9 Å². The Hall–Kier alpha value is -2.11. The molecule has 0 bridgehead atoms. The van der Waals surface area contributed by atoms with Crippen molar-refractivity contribution in [2.45, 2.75) is 73.3 Å². The van der Waals surface area contributed by atoms with E-state index in [2.05, 4.69) is 10.3 Å². The smallest absolute Gasteiger partial charge is 0.414 e. The van der Waals surface area contributed by atoms with Gasteiger partial charge in [0.15, 0.2) is 0 Å². The zero-order valence-electron chi connectivity index (χ0n) is 17.2. The highest BCUT2D eigenvalue weighted by atomic mass is 16.6. The first-order valence-corrected chi connectivity index (χ1v) is 9.09. The zero-order chi connectivity index (χ0) is 19.9. The molecule has 1 aliphatic rings. The number of ether oxygens (including phenoxy) is 1. The first-order valence-electron chi connectivity index (χ1n) is 9.09. The van der Waals surface area contributed by atoms with Crippen LogP contribution in [0.5, 0.6) is 0 Å². The van der Waals surface area contributed by atoms with Gasteiger partial charge in [0.1, 0.15) is 11.4 Å². The van der Waals surface area contributed by atoms with E-state index in [0.29, 0.717) is 18.8 Å². The molecule has 0 saturated heterocycles. The summed E-state index contributed by atoms with van der Waals surface area (Å²) in [5, 5.41) is 2.91. The van der Waals surface area contributed by atoms with Crippen molar-refractivity contribution in [3.05, 3.63) is 17.3 Å². The number of nitrogens with one attached hydrogen (secondary N) is 1. The summed E-state index contributed by atoms with van der Waals surface area (Å²) in [6, 6.07) is 1.91. The van der Waals surface area contributed by atoms with E-state index in [0.717, 1.165) is 16.9 Å². The van der Waals surface area contributed by atoms with E-state index < -0.39 is 5.60 Å². The van der Waals surface area contributed by atoms with Crippen LogP contribution < -0.4 is 10.2 Å². The molecule has 2 heterocycles. The van der Waals surface area contributed by atoms with E-state index in [9.17, 15) is 9.59 Å². The molecular weight excluding hydrogens is 330 g/mol. The van der Waals surface area contributed by atoms with Crippen molar-refractivity contribution < 1.29 is 14.3 Å². The zero-order valence-corrected chi connectivity index (χ0v) is 17.2. The van der Waals surface area contributed by atoms with E-state index in [4.69, 9.17) is 4.74 Å². The third kappa shape index (κ3) is 4.96. The summed E-state index contributed by atoms with van der Waals surface area (Å²) in [7, 11) is 0. The predicted octanol–water partition coefficient (Wildman–Crippen LogP) is 4.62. The van der Waals surface area contributed by atoms with Gasteiger partial charge in [-0.2, -0.15) is 0 Å². The maximum Gasteiger partial charge on any atom is 0.414 e. The summed E-state index contributed by atoms with van der Waals surface area (Å²) in [6.45, 7) is 16.1. The average molecular weight is 361 g/mol. The maximum atomic E-state index is 12.5. The molecule has 2 amide bonds. The Balaban J connectivity index is 2.26. The van der Waals surface area contributed by atoms with Gasteiger partial charge in [0.25, 0.3) is 0 Å². The molecule has 0 aliphatic carbocycles. The van der Waals surface area contributed by atoms with Crippen LogP contribution in [0, 0.1) is 12.3 Å². The van der Waals surface area contributed by atoms with E-state index >= 15 is 0 Å². The number of fused-ring (bicyclic) bond motifs is 1. The first kappa shape index (κ1) is 20.2. The van der Waals surface area contributed by atoms with Crippen LogP contribution in [0.4, 0.5) is 16.3 Å². The second-order valence-corrected chi connectivity index (χ2v) is 9.34. The fourth-order valence-corrected chi connectivity index (χ4v) is 2.93. The third-order valence-electron chi connectivity index (χ3n) is 4.00. The molecule has 26 heavy (non-hydrogen) atoms. The Bertz CT molecular complexity index is 714. The third-order valence-corrected chi connectivity index (χ3v) is 4.00. The van der Waals surface area contributed by atoms with Crippen LogP contribution in [0.2, 0.25) is 0 Å². The fraction of sp³-hybridized carbons (Fsp3) is 0.650. The molecule has 1 aromatic rings. The number of carbonyl (C=O) groups excluding carboxylic acids is 2. The van der Waals surface area contributed by atoms with Gasteiger partial charge in [0.05, 0.1) is 11.4 Å². The van der Waals surface area contributed by atoms with Crippen molar-refractivity contribution in [3.63, 3.8) is 0 Å². The number of nitrogens with zero attached hydrogens (tertiary/aromatic N) is 2. The van der Waals surface area contributed by atoms with Gasteiger partial charge in [0.2, 0.25) is 5.91 Å². The van der Waals surface area contributed by atoms with Gasteiger partial charge < -0.3 is 10.1 Å². The van der Waals surface area contributed by atoms with Crippen LogP contribution in [0.15, 0.2) is 6.07 Å². The summed E-state index contributed by atoms with van der Waals surface area (Å²) < 4.78 is 5.51. The average Bonchev–Trinajstić information content (AvgIpc) is 2.72. The highest BCUT2D eigenvalue weighted by molar-refractivity contribution is 5.93. The molecule has 0 fully saturated rings. The summed E-state index contributed by atoms with van der Waals surface area (Å²) in [4.78, 5) is 31.0. The molecule has 0 aromatic carbocycles. The van der Waals surface area contributed by atoms with E-state index in [1.54, 1.807) is 4.90 Å². The lowest BCUT2D eigenvalue weighted by Crippen LogP contribution is -2.36. The Labute approximate surface area is 156 Å². The molecule has 1 unspecified atom stereocenters. The topological polar surface area (TPSA) is 71.5 Å². The minimum atomic E-state index is -0.549. The lowest BCUT2D eigenvalue weighted by Gasteiger charge is -2.25. The van der Waals surface area contributed by atoms with Gasteiger partial charge in [-0.1, -0.05) is 27.7 Å². The summed E-state index contributed by atoms with van der Waals surface area (Å²) >= 11 is 0. The van der Waals surface area contributed by atoms with Crippen molar-refractivity contribution in [1.82, 2.24) is 4.98 Å². The van der Waals surface area contributed by atoms with Crippen LogP contribution in [-0.4, -0.2) is 29.1 Å². The Morgan fingerprint density at radius 1 is 1.27 bits per heavy atom. The van der Waals surface area contributed by atoms with Gasteiger partial charge in [-0.3, -0.25) is 9.69 Å². The molecule has 6 nitrogen and oxygen atoms in total. The second-order valence-electron chi connectivity index (χ2n) is 9.34. The van der Waals surface area contributed by atoms with Crippen LogP contribution in [0.1, 0.15) is 72.1 Å². The van der Waals surface area contributed by atoms with E-state index in [-0.39, 0.29) is 23.3 Å². The number of pyridine rings is 1. The lowest BCUT2D eigenvalue weighted by molar-refractivity contribution is -0.117. The molecule has 0 spiro atoms. The van der Waals surface area contributed by atoms with Gasteiger partial charge >= 0.3 is 6.09 Å². The van der Waals surface area contributed by atoms with Crippen molar-refractivity contribution in [2.75, 3.05) is 16.8 Å². The predicted molar refractivity (Wildman–Crippen MR) is 104 cm³/mol. The molecule has 1 N–H and O–H groups in total. The van der Waals surface area contributed by atoms with Crippen molar-refractivity contribution in [3.8, 4) is 0 Å². The summed E-state index contributed by atoms with van der Waals surface area (Å²) in [5.41, 5.74) is 1.77. The standard InChI is InChI=1S/C20H31N3O3/c1-12-9-14-16(22-17(12)21-15(24)10-19(3,4)5)13(2)11-23(14)18(25)26-20(6,7)8/h9,13H,10-11H2,1-8H3,(H,21,22,24). The second kappa shape index (κ2) is 6.89. The molecule has 1 aromatic heterocycles. The number of aromatic nitrogens is 1. The molecule has 1 aliphatic heterocycles. The van der Waals surface area contributed by atoms with Gasteiger partial charge in [-0.15, -0.1) is 0 Å². The number of rotatable bonds is 2. The molecule has 144 valence electrons. The first-order chi connectivity index (χ1) is 11.8. The molecule has 0 saturated carbocycles. The minimum Gasteiger partial charge on any atom is -0.443 e. The molecule has 1 atom stereocenters. The summed E-state index contributed by atoms with van der Waals surface area (Å²) in [6.07, 6.45) is 0.0546. The number of aryl methyl sites for hydroxylation is 1. The largest absolute Gasteiger partial charge is 0.443 e. The molecule has 2 rings (SSSR count). The summed E-state index contributed by atoms with van der Waals surface area (Å²) in [5.74, 6) is 0.593. The van der Waals surface area contributed by atoms with Crippen LogP contribution in [0.25, 0.3) is 0 Å². The number of hydrogen-bond donors (Lipinski definition) is 1. The van der Waals surface area contributed by atoms with Crippen molar-refractivity contribution in [1.29, 1.82) is 0 Å².